The minimum atomic E-state index is 0.169. The molecule has 0 saturated carbocycles. The molecule has 1 saturated heterocycles. The third-order valence-corrected chi connectivity index (χ3v) is 4.66. The van der Waals surface area contributed by atoms with E-state index in [1.807, 2.05) is 42.1 Å². The lowest BCUT2D eigenvalue weighted by Crippen LogP contribution is -2.21. The summed E-state index contributed by atoms with van der Waals surface area (Å²) in [4.78, 5) is 12.2. The highest BCUT2D eigenvalue weighted by atomic mass is 32.2. The second kappa shape index (κ2) is 3.53. The Balaban J connectivity index is 1.85. The molecule has 0 radical (unpaired) electrons. The van der Waals surface area contributed by atoms with Gasteiger partial charge in [-0.2, -0.15) is 0 Å². The summed E-state index contributed by atoms with van der Waals surface area (Å²) in [5.74, 6) is 0.783. The van der Waals surface area contributed by atoms with E-state index in [9.17, 15) is 4.79 Å². The molecule has 15 heavy (non-hydrogen) atoms. The van der Waals surface area contributed by atoms with Crippen LogP contribution in [0.2, 0.25) is 0 Å². The van der Waals surface area contributed by atoms with E-state index in [0.717, 1.165) is 12.0 Å². The fourth-order valence-corrected chi connectivity index (χ4v) is 3.88. The number of rotatable bonds is 2. The number of hydrogen-bond donors (Lipinski definition) is 0. The quantitative estimate of drug-likeness (QED) is 0.558. The van der Waals surface area contributed by atoms with Crippen molar-refractivity contribution in [2.24, 2.45) is 5.92 Å². The van der Waals surface area contributed by atoms with Gasteiger partial charge in [-0.1, -0.05) is 42.5 Å². The molecule has 3 rings (SSSR count). The van der Waals surface area contributed by atoms with E-state index in [-0.39, 0.29) is 5.25 Å². The van der Waals surface area contributed by atoms with Crippen molar-refractivity contribution in [1.82, 2.24) is 0 Å². The van der Waals surface area contributed by atoms with Gasteiger partial charge in [0, 0.05) is 10.8 Å². The predicted molar refractivity (Wildman–Crippen MR) is 63.2 cm³/mol. The van der Waals surface area contributed by atoms with Gasteiger partial charge in [0.15, 0.2) is 5.78 Å². The van der Waals surface area contributed by atoms with Crippen LogP contribution in [-0.4, -0.2) is 16.3 Å². The SMILES string of the molecule is O=C(c1ccccc1)[C@H]1S[C@H]2C=C[C@@H]1C2. The first-order valence-corrected chi connectivity index (χ1v) is 6.22. The lowest BCUT2D eigenvalue weighted by molar-refractivity contribution is 0.0979. The van der Waals surface area contributed by atoms with Gasteiger partial charge >= 0.3 is 0 Å². The molecule has 1 aromatic carbocycles. The molecule has 2 bridgehead atoms. The van der Waals surface area contributed by atoms with Crippen LogP contribution in [0.15, 0.2) is 42.5 Å². The molecule has 1 aromatic rings. The van der Waals surface area contributed by atoms with Crippen molar-refractivity contribution < 1.29 is 4.79 Å². The Kier molecular flexibility index (Phi) is 2.17. The Morgan fingerprint density at radius 2 is 2.00 bits per heavy atom. The van der Waals surface area contributed by atoms with E-state index >= 15 is 0 Å². The van der Waals surface area contributed by atoms with E-state index in [1.165, 1.54) is 0 Å². The number of thioether (sulfide) groups is 1. The van der Waals surface area contributed by atoms with Crippen LogP contribution in [0.25, 0.3) is 0 Å². The number of hydrogen-bond acceptors (Lipinski definition) is 2. The van der Waals surface area contributed by atoms with Crippen molar-refractivity contribution in [3.63, 3.8) is 0 Å². The Labute approximate surface area is 93.6 Å². The molecule has 1 aliphatic heterocycles. The van der Waals surface area contributed by atoms with Crippen molar-refractivity contribution in [3.05, 3.63) is 48.0 Å². The first kappa shape index (κ1) is 9.22. The highest BCUT2D eigenvalue weighted by Crippen LogP contribution is 2.45. The fourth-order valence-electron chi connectivity index (χ4n) is 2.33. The molecule has 0 amide bonds. The van der Waals surface area contributed by atoms with Gasteiger partial charge in [0.05, 0.1) is 5.25 Å². The summed E-state index contributed by atoms with van der Waals surface area (Å²) in [7, 11) is 0. The number of benzene rings is 1. The first-order chi connectivity index (χ1) is 7.34. The first-order valence-electron chi connectivity index (χ1n) is 5.27. The smallest absolute Gasteiger partial charge is 0.176 e. The molecule has 3 atom stereocenters. The molecule has 1 fully saturated rings. The van der Waals surface area contributed by atoms with E-state index in [1.54, 1.807) is 0 Å². The van der Waals surface area contributed by atoms with Crippen LogP contribution < -0.4 is 0 Å². The highest BCUT2D eigenvalue weighted by molar-refractivity contribution is 8.01. The van der Waals surface area contributed by atoms with Crippen molar-refractivity contribution in [3.8, 4) is 0 Å². The lowest BCUT2D eigenvalue weighted by atomic mass is 9.97. The number of allylic oxidation sites excluding steroid dienone is 1. The van der Waals surface area contributed by atoms with Crippen LogP contribution in [0.3, 0.4) is 0 Å². The zero-order valence-corrected chi connectivity index (χ0v) is 9.11. The molecule has 1 aliphatic carbocycles. The van der Waals surface area contributed by atoms with Gasteiger partial charge in [-0.15, -0.1) is 11.8 Å². The number of Topliss-reactive ketones (excluding diaryl/α,β-unsaturated/α-hetero) is 1. The Hall–Kier alpha value is -1.02. The topological polar surface area (TPSA) is 17.1 Å². The summed E-state index contributed by atoms with van der Waals surface area (Å²) < 4.78 is 0. The predicted octanol–water partition coefficient (Wildman–Crippen LogP) is 2.93. The number of fused-ring (bicyclic) bond motifs is 2. The van der Waals surface area contributed by atoms with Gasteiger partial charge < -0.3 is 0 Å². The number of carbonyl (C=O) groups excluding carboxylic acids is 1. The van der Waals surface area contributed by atoms with Crippen molar-refractivity contribution >= 4 is 17.5 Å². The summed E-state index contributed by atoms with van der Waals surface area (Å²) in [6.45, 7) is 0. The zero-order chi connectivity index (χ0) is 10.3. The normalized spacial score (nSPS) is 32.1. The van der Waals surface area contributed by atoms with E-state index in [4.69, 9.17) is 0 Å². The van der Waals surface area contributed by atoms with Gasteiger partial charge in [-0.05, 0) is 12.3 Å². The molecule has 2 aliphatic rings. The van der Waals surface area contributed by atoms with E-state index in [2.05, 4.69) is 12.2 Å². The summed E-state index contributed by atoms with van der Waals surface area (Å²) in [5, 5.41) is 0.759. The second-order valence-electron chi connectivity index (χ2n) is 4.11. The molecular formula is C13H12OS. The monoisotopic (exact) mass is 216 g/mol. The van der Waals surface area contributed by atoms with Crippen LogP contribution in [0, 0.1) is 5.92 Å². The van der Waals surface area contributed by atoms with Crippen LogP contribution in [0.1, 0.15) is 16.8 Å². The highest BCUT2D eigenvalue weighted by Gasteiger charge is 2.40. The maximum atomic E-state index is 12.2. The van der Waals surface area contributed by atoms with E-state index in [0.29, 0.717) is 17.0 Å². The van der Waals surface area contributed by atoms with Gasteiger partial charge in [0.2, 0.25) is 0 Å². The molecule has 0 aromatic heterocycles. The second-order valence-corrected chi connectivity index (χ2v) is 5.50. The van der Waals surface area contributed by atoms with Gasteiger partial charge in [0.25, 0.3) is 0 Å². The van der Waals surface area contributed by atoms with Crippen molar-refractivity contribution in [1.29, 1.82) is 0 Å². The lowest BCUT2D eigenvalue weighted by Gasteiger charge is -2.15. The third-order valence-electron chi connectivity index (χ3n) is 3.10. The summed E-state index contributed by atoms with van der Waals surface area (Å²) in [5.41, 5.74) is 0.857. The van der Waals surface area contributed by atoms with Gasteiger partial charge in [-0.3, -0.25) is 4.79 Å². The molecule has 0 N–H and O–H groups in total. The minimum absolute atomic E-state index is 0.169. The van der Waals surface area contributed by atoms with Crippen molar-refractivity contribution in [2.75, 3.05) is 0 Å². The molecule has 76 valence electrons. The van der Waals surface area contributed by atoms with Gasteiger partial charge in [0.1, 0.15) is 0 Å². The van der Waals surface area contributed by atoms with Crippen LogP contribution in [-0.2, 0) is 0 Å². The maximum absolute atomic E-state index is 12.2. The maximum Gasteiger partial charge on any atom is 0.176 e. The Morgan fingerprint density at radius 1 is 1.20 bits per heavy atom. The van der Waals surface area contributed by atoms with Gasteiger partial charge in [-0.25, -0.2) is 0 Å². The molecule has 0 unspecified atom stereocenters. The summed E-state index contributed by atoms with van der Waals surface area (Å²) >= 11 is 1.83. The number of ketones is 1. The third kappa shape index (κ3) is 1.53. The summed E-state index contributed by atoms with van der Waals surface area (Å²) in [6.07, 6.45) is 5.62. The zero-order valence-electron chi connectivity index (χ0n) is 8.30. The minimum Gasteiger partial charge on any atom is -0.293 e. The molecular weight excluding hydrogens is 204 g/mol. The Bertz CT molecular complexity index is 410. The largest absolute Gasteiger partial charge is 0.293 e. The van der Waals surface area contributed by atoms with Crippen LogP contribution in [0.4, 0.5) is 0 Å². The molecule has 1 heterocycles. The Morgan fingerprint density at radius 3 is 2.60 bits per heavy atom. The average Bonchev–Trinajstić information content (AvgIpc) is 2.91. The molecule has 1 nitrogen and oxygen atoms in total. The molecule has 0 spiro atoms. The summed E-state index contributed by atoms with van der Waals surface area (Å²) in [6, 6.07) is 9.64. The van der Waals surface area contributed by atoms with Crippen LogP contribution >= 0.6 is 11.8 Å². The van der Waals surface area contributed by atoms with Crippen LogP contribution in [0.5, 0.6) is 0 Å². The van der Waals surface area contributed by atoms with E-state index < -0.39 is 0 Å². The molecule has 2 heteroatoms. The standard InChI is InChI=1S/C13H12OS/c14-12(9-4-2-1-3-5-9)13-10-6-7-11(8-10)15-13/h1-7,10-11,13H,8H2/t10-,11+,13+/m1/s1. The van der Waals surface area contributed by atoms with Crippen molar-refractivity contribution in [2.45, 2.75) is 16.9 Å². The number of carbonyl (C=O) groups is 1. The fraction of sp³-hybridized carbons (Fsp3) is 0.308. The average molecular weight is 216 g/mol.